The molecule has 1 amide bonds. The molecule has 27 heavy (non-hydrogen) atoms. The first-order valence-corrected chi connectivity index (χ1v) is 10.3. The fourth-order valence-corrected chi connectivity index (χ4v) is 3.63. The van der Waals surface area contributed by atoms with Crippen LogP contribution in [0.5, 0.6) is 0 Å². The van der Waals surface area contributed by atoms with Crippen LogP contribution in [0.3, 0.4) is 0 Å². The highest BCUT2D eigenvalue weighted by Crippen LogP contribution is 2.18. The van der Waals surface area contributed by atoms with Crippen molar-refractivity contribution in [3.8, 4) is 0 Å². The number of likely N-dealkylation sites (tertiary alicyclic amines) is 1. The summed E-state index contributed by atoms with van der Waals surface area (Å²) in [6.07, 6.45) is 2.62. The SMILES string of the molecule is CCOC(=O)C1CCCN(C(=NCC(=O)N(C)C)NCCc2cccs2)C1. The van der Waals surface area contributed by atoms with Gasteiger partial charge in [0.2, 0.25) is 5.91 Å². The van der Waals surface area contributed by atoms with Crippen molar-refractivity contribution in [1.29, 1.82) is 0 Å². The molecule has 1 saturated heterocycles. The van der Waals surface area contributed by atoms with Crippen LogP contribution in [0.25, 0.3) is 0 Å². The van der Waals surface area contributed by atoms with Crippen LogP contribution in [-0.4, -0.2) is 74.5 Å². The number of piperidine rings is 1. The van der Waals surface area contributed by atoms with Crippen molar-refractivity contribution < 1.29 is 14.3 Å². The van der Waals surface area contributed by atoms with Crippen molar-refractivity contribution in [2.45, 2.75) is 26.2 Å². The van der Waals surface area contributed by atoms with E-state index in [1.807, 2.05) is 13.0 Å². The van der Waals surface area contributed by atoms with Crippen molar-refractivity contribution >= 4 is 29.2 Å². The highest BCUT2D eigenvalue weighted by molar-refractivity contribution is 7.09. The van der Waals surface area contributed by atoms with Gasteiger partial charge in [0, 0.05) is 38.6 Å². The summed E-state index contributed by atoms with van der Waals surface area (Å²) in [7, 11) is 3.44. The van der Waals surface area contributed by atoms with Crippen LogP contribution < -0.4 is 5.32 Å². The first-order valence-electron chi connectivity index (χ1n) is 9.43. The van der Waals surface area contributed by atoms with Crippen LogP contribution in [0.15, 0.2) is 22.5 Å². The molecule has 1 atom stereocenters. The molecule has 1 fully saturated rings. The van der Waals surface area contributed by atoms with Gasteiger partial charge in [0.05, 0.1) is 12.5 Å². The van der Waals surface area contributed by atoms with E-state index in [9.17, 15) is 9.59 Å². The monoisotopic (exact) mass is 394 g/mol. The van der Waals surface area contributed by atoms with Gasteiger partial charge in [-0.3, -0.25) is 9.59 Å². The molecule has 2 heterocycles. The molecule has 2 rings (SSSR count). The van der Waals surface area contributed by atoms with Gasteiger partial charge in [0.15, 0.2) is 5.96 Å². The Bertz CT molecular complexity index is 631. The summed E-state index contributed by atoms with van der Waals surface area (Å²) in [4.78, 5) is 33.5. The third kappa shape index (κ3) is 6.86. The lowest BCUT2D eigenvalue weighted by Gasteiger charge is -2.34. The number of rotatable bonds is 7. The Kier molecular flexibility index (Phi) is 8.57. The molecule has 0 spiro atoms. The zero-order valence-corrected chi connectivity index (χ0v) is 17.3. The maximum Gasteiger partial charge on any atom is 0.310 e. The molecule has 0 aliphatic carbocycles. The Balaban J connectivity index is 2.01. The Morgan fingerprint density at radius 3 is 2.93 bits per heavy atom. The topological polar surface area (TPSA) is 74.2 Å². The summed E-state index contributed by atoms with van der Waals surface area (Å²) < 4.78 is 5.18. The zero-order valence-electron chi connectivity index (χ0n) is 16.4. The Labute approximate surface area is 165 Å². The number of hydrogen-bond acceptors (Lipinski definition) is 5. The van der Waals surface area contributed by atoms with Crippen LogP contribution in [0.2, 0.25) is 0 Å². The molecule has 1 aromatic heterocycles. The molecule has 0 aromatic carbocycles. The molecule has 1 unspecified atom stereocenters. The van der Waals surface area contributed by atoms with E-state index in [0.717, 1.165) is 32.4 Å². The van der Waals surface area contributed by atoms with Crippen molar-refractivity contribution in [2.24, 2.45) is 10.9 Å². The number of nitrogens with one attached hydrogen (secondary N) is 1. The van der Waals surface area contributed by atoms with Gasteiger partial charge in [-0.2, -0.15) is 0 Å². The number of nitrogens with zero attached hydrogens (tertiary/aromatic N) is 3. The molecule has 0 radical (unpaired) electrons. The number of amides is 1. The summed E-state index contributed by atoms with van der Waals surface area (Å²) in [5.74, 6) is 0.347. The third-order valence-electron chi connectivity index (χ3n) is 4.44. The van der Waals surface area contributed by atoms with Crippen molar-refractivity contribution in [1.82, 2.24) is 15.1 Å². The van der Waals surface area contributed by atoms with Crippen LogP contribution >= 0.6 is 11.3 Å². The van der Waals surface area contributed by atoms with E-state index in [2.05, 4.69) is 26.7 Å². The molecule has 1 aliphatic rings. The van der Waals surface area contributed by atoms with E-state index in [1.165, 1.54) is 9.78 Å². The summed E-state index contributed by atoms with van der Waals surface area (Å²) in [6.45, 7) is 4.43. The molecular weight excluding hydrogens is 364 g/mol. The van der Waals surface area contributed by atoms with Gasteiger partial charge in [0.25, 0.3) is 0 Å². The van der Waals surface area contributed by atoms with Crippen LogP contribution in [0.1, 0.15) is 24.6 Å². The van der Waals surface area contributed by atoms with Gasteiger partial charge in [-0.1, -0.05) is 6.07 Å². The number of aliphatic imine (C=N–C) groups is 1. The lowest BCUT2D eigenvalue weighted by molar-refractivity contribution is -0.149. The zero-order chi connectivity index (χ0) is 19.6. The average Bonchev–Trinajstić information content (AvgIpc) is 3.18. The minimum Gasteiger partial charge on any atom is -0.466 e. The summed E-state index contributed by atoms with van der Waals surface area (Å²) in [6, 6.07) is 4.15. The van der Waals surface area contributed by atoms with E-state index in [-0.39, 0.29) is 24.3 Å². The predicted octanol–water partition coefficient (Wildman–Crippen LogP) is 1.60. The van der Waals surface area contributed by atoms with Gasteiger partial charge < -0.3 is 19.9 Å². The van der Waals surface area contributed by atoms with Crippen molar-refractivity contribution in [3.63, 3.8) is 0 Å². The van der Waals surface area contributed by atoms with Gasteiger partial charge >= 0.3 is 5.97 Å². The van der Waals surface area contributed by atoms with Gasteiger partial charge in [-0.15, -0.1) is 11.3 Å². The summed E-state index contributed by atoms with van der Waals surface area (Å²) >= 11 is 1.73. The average molecular weight is 395 g/mol. The van der Waals surface area contributed by atoms with E-state index in [0.29, 0.717) is 19.1 Å². The predicted molar refractivity (Wildman–Crippen MR) is 108 cm³/mol. The number of ether oxygens (including phenoxy) is 1. The van der Waals surface area contributed by atoms with Gasteiger partial charge in [0.1, 0.15) is 6.54 Å². The lowest BCUT2D eigenvalue weighted by atomic mass is 9.98. The van der Waals surface area contributed by atoms with E-state index in [4.69, 9.17) is 4.74 Å². The number of esters is 1. The fourth-order valence-electron chi connectivity index (χ4n) is 2.93. The number of carbonyl (C=O) groups is 2. The Hall–Kier alpha value is -2.09. The maximum absolute atomic E-state index is 12.1. The number of guanidine groups is 1. The molecule has 7 nitrogen and oxygen atoms in total. The van der Waals surface area contributed by atoms with Gasteiger partial charge in [-0.25, -0.2) is 4.99 Å². The van der Waals surface area contributed by atoms with Crippen LogP contribution in [0.4, 0.5) is 0 Å². The van der Waals surface area contributed by atoms with Crippen molar-refractivity contribution in [3.05, 3.63) is 22.4 Å². The quantitative estimate of drug-likeness (QED) is 0.432. The molecule has 8 heteroatoms. The summed E-state index contributed by atoms with van der Waals surface area (Å²) in [5, 5.41) is 5.44. The second kappa shape index (κ2) is 10.9. The maximum atomic E-state index is 12.1. The molecule has 1 N–H and O–H groups in total. The first kappa shape index (κ1) is 21.2. The van der Waals surface area contributed by atoms with Crippen molar-refractivity contribution in [2.75, 3.05) is 46.9 Å². The normalized spacial score (nSPS) is 17.5. The number of carbonyl (C=O) groups excluding carboxylic acids is 2. The smallest absolute Gasteiger partial charge is 0.310 e. The molecule has 150 valence electrons. The minimum absolute atomic E-state index is 0.0495. The fraction of sp³-hybridized carbons (Fsp3) is 0.632. The highest BCUT2D eigenvalue weighted by atomic mass is 32.1. The van der Waals surface area contributed by atoms with E-state index >= 15 is 0 Å². The van der Waals surface area contributed by atoms with E-state index in [1.54, 1.807) is 25.4 Å². The molecule has 0 bridgehead atoms. The van der Waals surface area contributed by atoms with Crippen LogP contribution in [0, 0.1) is 5.92 Å². The largest absolute Gasteiger partial charge is 0.466 e. The Morgan fingerprint density at radius 1 is 1.44 bits per heavy atom. The standard InChI is InChI=1S/C19H30N4O3S/c1-4-26-18(25)15-7-5-11-23(14-15)19(21-13-17(24)22(2)3)20-10-9-16-8-6-12-27-16/h6,8,12,15H,4-5,7,9-11,13-14H2,1-3H3,(H,20,21). The Morgan fingerprint density at radius 2 is 2.26 bits per heavy atom. The van der Waals surface area contributed by atoms with Gasteiger partial charge in [-0.05, 0) is 37.6 Å². The highest BCUT2D eigenvalue weighted by Gasteiger charge is 2.28. The molecule has 1 aliphatic heterocycles. The minimum atomic E-state index is -0.149. The number of hydrogen-bond donors (Lipinski definition) is 1. The molecular formula is C19H30N4O3S. The second-order valence-electron chi connectivity index (χ2n) is 6.72. The molecule has 1 aromatic rings. The molecule has 0 saturated carbocycles. The van der Waals surface area contributed by atoms with Crippen LogP contribution in [-0.2, 0) is 20.7 Å². The lowest BCUT2D eigenvalue weighted by Crippen LogP contribution is -2.49. The third-order valence-corrected chi connectivity index (χ3v) is 5.37. The second-order valence-corrected chi connectivity index (χ2v) is 7.75. The number of thiophene rings is 1. The summed E-state index contributed by atoms with van der Waals surface area (Å²) in [5.41, 5.74) is 0. The number of likely N-dealkylation sites (N-methyl/N-ethyl adjacent to an activating group) is 1. The first-order chi connectivity index (χ1) is 13.0. The van der Waals surface area contributed by atoms with E-state index < -0.39 is 0 Å².